The summed E-state index contributed by atoms with van der Waals surface area (Å²) in [7, 11) is 0. The predicted molar refractivity (Wildman–Crippen MR) is 109 cm³/mol. The highest BCUT2D eigenvalue weighted by Crippen LogP contribution is 2.38. The molecule has 28 heavy (non-hydrogen) atoms. The van der Waals surface area contributed by atoms with E-state index in [4.69, 9.17) is 19.6 Å². The minimum atomic E-state index is 0.0309. The fourth-order valence-electron chi connectivity index (χ4n) is 4.17. The molecule has 0 unspecified atom stereocenters. The molecular formula is C22H28N4O2. The first-order valence-corrected chi connectivity index (χ1v) is 10.0. The smallest absolute Gasteiger partial charge is 0.104 e. The van der Waals surface area contributed by atoms with Gasteiger partial charge in [-0.25, -0.2) is 4.98 Å². The van der Waals surface area contributed by atoms with Crippen LogP contribution < -0.4 is 0 Å². The molecule has 1 saturated heterocycles. The topological polar surface area (TPSA) is 54.1 Å². The largest absolute Gasteiger partial charge is 0.376 e. The van der Waals surface area contributed by atoms with Gasteiger partial charge in [0.25, 0.3) is 0 Å². The van der Waals surface area contributed by atoms with Gasteiger partial charge in [0.15, 0.2) is 0 Å². The Morgan fingerprint density at radius 2 is 1.93 bits per heavy atom. The summed E-state index contributed by atoms with van der Waals surface area (Å²) < 4.78 is 16.0. The van der Waals surface area contributed by atoms with Crippen LogP contribution in [0.1, 0.15) is 31.3 Å². The maximum Gasteiger partial charge on any atom is 0.104 e. The van der Waals surface area contributed by atoms with E-state index in [1.165, 1.54) is 0 Å². The van der Waals surface area contributed by atoms with Crippen LogP contribution in [0, 0.1) is 13.8 Å². The molecule has 4 rings (SSSR count). The van der Waals surface area contributed by atoms with Crippen molar-refractivity contribution in [2.75, 3.05) is 19.8 Å². The molecule has 1 aliphatic heterocycles. The number of aromatic nitrogens is 4. The number of aryl methyl sites for hydroxylation is 2. The third-order valence-corrected chi connectivity index (χ3v) is 5.50. The number of hydrogen-bond acceptors (Lipinski definition) is 4. The van der Waals surface area contributed by atoms with E-state index in [0.29, 0.717) is 19.8 Å². The van der Waals surface area contributed by atoms with Crippen molar-refractivity contribution in [2.45, 2.75) is 46.4 Å². The summed E-state index contributed by atoms with van der Waals surface area (Å²) in [6, 6.07) is 10.4. The van der Waals surface area contributed by atoms with Gasteiger partial charge in [0.1, 0.15) is 6.10 Å². The van der Waals surface area contributed by atoms with E-state index >= 15 is 0 Å². The van der Waals surface area contributed by atoms with Gasteiger partial charge in [-0.2, -0.15) is 5.10 Å². The van der Waals surface area contributed by atoms with Crippen LogP contribution in [0.5, 0.6) is 0 Å². The van der Waals surface area contributed by atoms with Gasteiger partial charge < -0.3 is 14.0 Å². The van der Waals surface area contributed by atoms with Crippen molar-refractivity contribution in [3.05, 3.63) is 48.0 Å². The molecule has 2 aromatic heterocycles. The second-order valence-electron chi connectivity index (χ2n) is 7.18. The average molecular weight is 380 g/mol. The van der Waals surface area contributed by atoms with Gasteiger partial charge in [-0.15, -0.1) is 0 Å². The predicted octanol–water partition coefficient (Wildman–Crippen LogP) is 4.03. The van der Waals surface area contributed by atoms with E-state index in [9.17, 15) is 0 Å². The van der Waals surface area contributed by atoms with Crippen LogP contribution in [0.2, 0.25) is 0 Å². The number of hydrogen-bond donors (Lipinski definition) is 0. The minimum absolute atomic E-state index is 0.0309. The van der Waals surface area contributed by atoms with Crippen molar-refractivity contribution < 1.29 is 9.47 Å². The summed E-state index contributed by atoms with van der Waals surface area (Å²) in [5.41, 5.74) is 6.51. The van der Waals surface area contributed by atoms with Gasteiger partial charge in [-0.3, -0.25) is 4.68 Å². The Kier molecular flexibility index (Phi) is 5.33. The van der Waals surface area contributed by atoms with Gasteiger partial charge in [-0.1, -0.05) is 30.3 Å². The Morgan fingerprint density at radius 1 is 1.14 bits per heavy atom. The molecule has 0 aliphatic carbocycles. The van der Waals surface area contributed by atoms with Crippen molar-refractivity contribution >= 4 is 0 Å². The van der Waals surface area contributed by atoms with Crippen LogP contribution in [0.3, 0.4) is 0 Å². The third-order valence-electron chi connectivity index (χ3n) is 5.50. The molecule has 3 heterocycles. The monoisotopic (exact) mass is 380 g/mol. The molecule has 148 valence electrons. The zero-order valence-electron chi connectivity index (χ0n) is 17.1. The highest BCUT2D eigenvalue weighted by Gasteiger charge is 2.34. The van der Waals surface area contributed by atoms with Gasteiger partial charge in [-0.05, 0) is 27.7 Å². The summed E-state index contributed by atoms with van der Waals surface area (Å²) in [6.07, 6.45) is 1.97. The normalized spacial score (nSPS) is 19.4. The van der Waals surface area contributed by atoms with Crippen LogP contribution in [-0.4, -0.2) is 45.3 Å². The van der Waals surface area contributed by atoms with Crippen LogP contribution in [0.4, 0.5) is 0 Å². The van der Waals surface area contributed by atoms with E-state index in [1.807, 2.05) is 19.3 Å². The lowest BCUT2D eigenvalue weighted by atomic mass is 10.0. The molecule has 0 N–H and O–H groups in total. The summed E-state index contributed by atoms with van der Waals surface area (Å²) in [5.74, 6) is 0. The Balaban J connectivity index is 1.92. The van der Waals surface area contributed by atoms with E-state index in [-0.39, 0.29) is 12.1 Å². The molecular weight excluding hydrogens is 352 g/mol. The first kappa shape index (κ1) is 18.9. The summed E-state index contributed by atoms with van der Waals surface area (Å²) in [5, 5.41) is 4.76. The van der Waals surface area contributed by atoms with Gasteiger partial charge in [0, 0.05) is 30.0 Å². The molecule has 0 bridgehead atoms. The Hall–Kier alpha value is -2.44. The quantitative estimate of drug-likeness (QED) is 0.648. The Bertz CT molecular complexity index is 945. The molecule has 0 spiro atoms. The van der Waals surface area contributed by atoms with Crippen molar-refractivity contribution in [3.8, 4) is 22.5 Å². The van der Waals surface area contributed by atoms with E-state index in [0.717, 1.165) is 40.4 Å². The highest BCUT2D eigenvalue weighted by atomic mass is 16.5. The Morgan fingerprint density at radius 3 is 2.61 bits per heavy atom. The summed E-state index contributed by atoms with van der Waals surface area (Å²) >= 11 is 0. The van der Waals surface area contributed by atoms with Crippen molar-refractivity contribution in [1.82, 2.24) is 19.3 Å². The van der Waals surface area contributed by atoms with Gasteiger partial charge >= 0.3 is 0 Å². The van der Waals surface area contributed by atoms with Crippen molar-refractivity contribution in [2.24, 2.45) is 0 Å². The van der Waals surface area contributed by atoms with E-state index in [1.54, 1.807) is 0 Å². The van der Waals surface area contributed by atoms with Crippen LogP contribution in [0.15, 0.2) is 36.7 Å². The maximum atomic E-state index is 5.97. The number of rotatable bonds is 6. The molecule has 6 nitrogen and oxygen atoms in total. The molecule has 1 aliphatic rings. The fourth-order valence-corrected chi connectivity index (χ4v) is 4.17. The molecule has 3 aromatic rings. The maximum absolute atomic E-state index is 5.97. The van der Waals surface area contributed by atoms with Crippen LogP contribution >= 0.6 is 0 Å². The van der Waals surface area contributed by atoms with Gasteiger partial charge in [0.2, 0.25) is 0 Å². The lowest BCUT2D eigenvalue weighted by Crippen LogP contribution is -2.25. The highest BCUT2D eigenvalue weighted by molar-refractivity contribution is 5.81. The lowest BCUT2D eigenvalue weighted by molar-refractivity contribution is 0.0364. The van der Waals surface area contributed by atoms with Crippen LogP contribution in [0.25, 0.3) is 22.5 Å². The van der Waals surface area contributed by atoms with Crippen LogP contribution in [-0.2, 0) is 16.0 Å². The Labute approximate surface area is 166 Å². The standard InChI is InChI=1S/C22H28N4O2/c1-5-26-16(4)20(15(3)24-26)22-21(17-10-8-7-9-11-17)23-14-25(22)18-12-27-13-19(18)28-6-2/h7-11,14,18-19H,5-6,12-13H2,1-4H3/t18-,19-/m0/s1. The summed E-state index contributed by atoms with van der Waals surface area (Å²) in [6.45, 7) is 11.1. The molecule has 2 atom stereocenters. The van der Waals surface area contributed by atoms with E-state index in [2.05, 4.69) is 54.3 Å². The molecule has 0 amide bonds. The molecule has 1 fully saturated rings. The molecule has 6 heteroatoms. The second-order valence-corrected chi connectivity index (χ2v) is 7.18. The number of benzene rings is 1. The van der Waals surface area contributed by atoms with Crippen molar-refractivity contribution in [1.29, 1.82) is 0 Å². The zero-order valence-corrected chi connectivity index (χ0v) is 17.1. The lowest BCUT2D eigenvalue weighted by Gasteiger charge is -2.22. The molecule has 0 saturated carbocycles. The number of imidazole rings is 1. The SMILES string of the molecule is CCO[C@H]1COC[C@@H]1n1cnc(-c2ccccc2)c1-c1c(C)nn(CC)c1C. The van der Waals surface area contributed by atoms with E-state index < -0.39 is 0 Å². The van der Waals surface area contributed by atoms with Gasteiger partial charge in [0.05, 0.1) is 42.7 Å². The number of ether oxygens (including phenoxy) is 2. The first-order chi connectivity index (χ1) is 13.7. The third kappa shape index (κ3) is 3.16. The molecule has 1 aromatic carbocycles. The van der Waals surface area contributed by atoms with Crippen molar-refractivity contribution in [3.63, 3.8) is 0 Å². The zero-order chi connectivity index (χ0) is 19.7. The number of nitrogens with zero attached hydrogens (tertiary/aromatic N) is 4. The fraction of sp³-hybridized carbons (Fsp3) is 0.455. The second kappa shape index (κ2) is 7.89. The first-order valence-electron chi connectivity index (χ1n) is 10.0. The minimum Gasteiger partial charge on any atom is -0.376 e. The average Bonchev–Trinajstić information content (AvgIpc) is 3.40. The molecule has 0 radical (unpaired) electrons. The summed E-state index contributed by atoms with van der Waals surface area (Å²) in [4.78, 5) is 4.83.